The Labute approximate surface area is 139 Å². The molecule has 1 heterocycles. The van der Waals surface area contributed by atoms with E-state index in [-0.39, 0.29) is 0 Å². The minimum Gasteiger partial charge on any atom is -0.369 e. The van der Waals surface area contributed by atoms with E-state index >= 15 is 0 Å². The molecule has 21 heavy (non-hydrogen) atoms. The molecule has 1 aromatic heterocycles. The smallest absolute Gasteiger partial charge is 0.0798 e. The van der Waals surface area contributed by atoms with Crippen molar-refractivity contribution in [1.29, 1.82) is 0 Å². The van der Waals surface area contributed by atoms with Gasteiger partial charge in [-0.2, -0.15) is 0 Å². The molecule has 1 atom stereocenters. The fourth-order valence-corrected chi connectivity index (χ4v) is 3.59. The minimum absolute atomic E-state index is 0.336. The molecule has 1 unspecified atom stereocenters. The molecule has 0 saturated carbocycles. The van der Waals surface area contributed by atoms with Crippen molar-refractivity contribution < 1.29 is 0 Å². The fourth-order valence-electron chi connectivity index (χ4n) is 2.41. The summed E-state index contributed by atoms with van der Waals surface area (Å²) in [5, 5.41) is 3.50. The Bertz CT molecular complexity index is 597. The molecular weight excluding hydrogens is 346 g/mol. The molecule has 5 heteroatoms. The molecule has 0 aliphatic carbocycles. The number of aryl methyl sites for hydroxylation is 1. The van der Waals surface area contributed by atoms with E-state index in [2.05, 4.69) is 77.1 Å². The van der Waals surface area contributed by atoms with Crippen molar-refractivity contribution in [3.63, 3.8) is 0 Å². The van der Waals surface area contributed by atoms with Gasteiger partial charge in [-0.1, -0.05) is 28.9 Å². The predicted molar refractivity (Wildman–Crippen MR) is 95.2 cm³/mol. The van der Waals surface area contributed by atoms with Gasteiger partial charge in [0, 0.05) is 28.1 Å². The second kappa shape index (κ2) is 7.38. The maximum atomic E-state index is 4.34. The Kier molecular flexibility index (Phi) is 5.79. The monoisotopic (exact) mass is 367 g/mol. The Balaban J connectivity index is 2.28. The highest BCUT2D eigenvalue weighted by molar-refractivity contribution is 9.10. The third kappa shape index (κ3) is 4.05. The molecule has 0 spiro atoms. The molecular formula is C16H22BrN3S. The zero-order valence-electron chi connectivity index (χ0n) is 13.0. The lowest BCUT2D eigenvalue weighted by Crippen LogP contribution is -2.23. The van der Waals surface area contributed by atoms with E-state index in [1.807, 2.05) is 5.51 Å². The first-order valence-electron chi connectivity index (χ1n) is 7.15. The molecule has 0 saturated heterocycles. The normalized spacial score (nSPS) is 12.4. The first-order chi connectivity index (χ1) is 10.0. The highest BCUT2D eigenvalue weighted by Gasteiger charge is 2.15. The summed E-state index contributed by atoms with van der Waals surface area (Å²) in [6, 6.07) is 6.84. The Morgan fingerprint density at radius 3 is 2.81 bits per heavy atom. The molecule has 0 radical (unpaired) electrons. The van der Waals surface area contributed by atoms with Gasteiger partial charge in [-0.05, 0) is 38.1 Å². The van der Waals surface area contributed by atoms with Crippen LogP contribution >= 0.6 is 27.3 Å². The topological polar surface area (TPSA) is 28.2 Å². The van der Waals surface area contributed by atoms with Crippen LogP contribution < -0.4 is 10.2 Å². The molecule has 0 amide bonds. The average Bonchev–Trinajstić information content (AvgIpc) is 2.84. The van der Waals surface area contributed by atoms with E-state index in [1.165, 1.54) is 16.1 Å². The molecule has 0 fully saturated rings. The lowest BCUT2D eigenvalue weighted by Gasteiger charge is -2.25. The lowest BCUT2D eigenvalue weighted by molar-refractivity contribution is 0.596. The Hall–Kier alpha value is -0.910. The molecule has 0 aliphatic rings. The average molecular weight is 368 g/mol. The van der Waals surface area contributed by atoms with Crippen LogP contribution in [0.4, 0.5) is 5.69 Å². The number of aromatic nitrogens is 1. The van der Waals surface area contributed by atoms with Gasteiger partial charge >= 0.3 is 0 Å². The van der Waals surface area contributed by atoms with Crippen molar-refractivity contribution in [3.8, 4) is 0 Å². The van der Waals surface area contributed by atoms with Crippen molar-refractivity contribution in [2.24, 2.45) is 0 Å². The quantitative estimate of drug-likeness (QED) is 0.813. The summed E-state index contributed by atoms with van der Waals surface area (Å²) in [5.74, 6) is 0. The van der Waals surface area contributed by atoms with Crippen LogP contribution in [0.15, 0.2) is 28.2 Å². The summed E-state index contributed by atoms with van der Waals surface area (Å²) in [6.07, 6.45) is 0. The maximum absolute atomic E-state index is 4.34. The Morgan fingerprint density at radius 2 is 2.19 bits per heavy atom. The number of benzene rings is 1. The van der Waals surface area contributed by atoms with Crippen LogP contribution in [0, 0.1) is 6.92 Å². The van der Waals surface area contributed by atoms with Gasteiger partial charge < -0.3 is 10.2 Å². The van der Waals surface area contributed by atoms with Crippen LogP contribution in [0.2, 0.25) is 0 Å². The van der Waals surface area contributed by atoms with Crippen LogP contribution in [-0.2, 0) is 6.54 Å². The summed E-state index contributed by atoms with van der Waals surface area (Å²) < 4.78 is 1.11. The van der Waals surface area contributed by atoms with Crippen LogP contribution in [0.3, 0.4) is 0 Å². The number of hydrogen-bond donors (Lipinski definition) is 1. The van der Waals surface area contributed by atoms with E-state index in [1.54, 1.807) is 11.3 Å². The van der Waals surface area contributed by atoms with E-state index in [4.69, 9.17) is 0 Å². The molecule has 2 aromatic rings. The van der Waals surface area contributed by atoms with Crippen molar-refractivity contribution in [1.82, 2.24) is 10.3 Å². The van der Waals surface area contributed by atoms with Gasteiger partial charge in [0.15, 0.2) is 0 Å². The number of halogens is 1. The number of anilines is 1. The summed E-state index contributed by atoms with van der Waals surface area (Å²) in [6.45, 7) is 8.28. The molecule has 0 aliphatic heterocycles. The van der Waals surface area contributed by atoms with Gasteiger partial charge in [0.25, 0.3) is 0 Å². The van der Waals surface area contributed by atoms with Crippen LogP contribution in [-0.4, -0.2) is 18.6 Å². The zero-order chi connectivity index (χ0) is 15.4. The van der Waals surface area contributed by atoms with Crippen molar-refractivity contribution >= 4 is 33.0 Å². The molecule has 114 valence electrons. The van der Waals surface area contributed by atoms with Gasteiger partial charge in [-0.15, -0.1) is 11.3 Å². The van der Waals surface area contributed by atoms with E-state index < -0.39 is 0 Å². The van der Waals surface area contributed by atoms with Crippen LogP contribution in [0.5, 0.6) is 0 Å². The summed E-state index contributed by atoms with van der Waals surface area (Å²) in [7, 11) is 2.14. The summed E-state index contributed by atoms with van der Waals surface area (Å²) in [5.41, 5.74) is 5.63. The number of nitrogens with one attached hydrogen (secondary N) is 1. The zero-order valence-corrected chi connectivity index (χ0v) is 15.4. The van der Waals surface area contributed by atoms with E-state index in [9.17, 15) is 0 Å². The molecule has 2 rings (SSSR count). The standard InChI is InChI=1S/C16H22BrN3S/c1-5-18-11(2)14-7-6-13(17)8-15(14)20(4)9-16-12(3)19-10-21-16/h6-8,10-11,18H,5,9H2,1-4H3. The van der Waals surface area contributed by atoms with Crippen molar-refractivity contribution in [3.05, 3.63) is 44.3 Å². The SMILES string of the molecule is CCNC(C)c1ccc(Br)cc1N(C)Cc1scnc1C. The number of rotatable bonds is 6. The Morgan fingerprint density at radius 1 is 1.43 bits per heavy atom. The van der Waals surface area contributed by atoms with Crippen molar-refractivity contribution in [2.45, 2.75) is 33.4 Å². The van der Waals surface area contributed by atoms with Crippen LogP contribution in [0.1, 0.15) is 36.0 Å². The summed E-state index contributed by atoms with van der Waals surface area (Å²) in [4.78, 5) is 7.96. The summed E-state index contributed by atoms with van der Waals surface area (Å²) >= 11 is 5.31. The van der Waals surface area contributed by atoms with Crippen molar-refractivity contribution in [2.75, 3.05) is 18.5 Å². The highest BCUT2D eigenvalue weighted by Crippen LogP contribution is 2.30. The second-order valence-electron chi connectivity index (χ2n) is 5.20. The van der Waals surface area contributed by atoms with E-state index in [0.29, 0.717) is 6.04 Å². The molecule has 0 bridgehead atoms. The molecule has 1 N–H and O–H groups in total. The fraction of sp³-hybridized carbons (Fsp3) is 0.438. The number of hydrogen-bond acceptors (Lipinski definition) is 4. The molecule has 3 nitrogen and oxygen atoms in total. The largest absolute Gasteiger partial charge is 0.369 e. The van der Waals surface area contributed by atoms with Gasteiger partial charge in [-0.3, -0.25) is 0 Å². The maximum Gasteiger partial charge on any atom is 0.0798 e. The molecule has 1 aromatic carbocycles. The lowest BCUT2D eigenvalue weighted by atomic mass is 10.1. The third-order valence-corrected chi connectivity index (χ3v) is 5.02. The first kappa shape index (κ1) is 16.5. The number of thiazole rings is 1. The minimum atomic E-state index is 0.336. The first-order valence-corrected chi connectivity index (χ1v) is 8.83. The van der Waals surface area contributed by atoms with Gasteiger partial charge in [0.05, 0.1) is 17.7 Å². The van der Waals surface area contributed by atoms with Gasteiger partial charge in [-0.25, -0.2) is 4.98 Å². The van der Waals surface area contributed by atoms with Gasteiger partial charge in [0.2, 0.25) is 0 Å². The number of nitrogens with zero attached hydrogens (tertiary/aromatic N) is 2. The third-order valence-electron chi connectivity index (χ3n) is 3.61. The highest BCUT2D eigenvalue weighted by atomic mass is 79.9. The van der Waals surface area contributed by atoms with E-state index in [0.717, 1.165) is 23.3 Å². The second-order valence-corrected chi connectivity index (χ2v) is 7.05. The van der Waals surface area contributed by atoms with Gasteiger partial charge in [0.1, 0.15) is 0 Å². The van der Waals surface area contributed by atoms with Crippen LogP contribution in [0.25, 0.3) is 0 Å². The predicted octanol–water partition coefficient (Wildman–Crippen LogP) is 4.52.